The van der Waals surface area contributed by atoms with Crippen LogP contribution in [0.4, 0.5) is 15.9 Å². The van der Waals surface area contributed by atoms with Crippen molar-refractivity contribution in [2.24, 2.45) is 0 Å². The number of aryl methyl sites for hydroxylation is 1. The Bertz CT molecular complexity index is 998. The number of anilines is 1. The van der Waals surface area contributed by atoms with Gasteiger partial charge in [0.1, 0.15) is 29.3 Å². The zero-order valence-corrected chi connectivity index (χ0v) is 14.9. The summed E-state index contributed by atoms with van der Waals surface area (Å²) in [5, 5.41) is 21.7. The van der Waals surface area contributed by atoms with Crippen LogP contribution in [0.25, 0.3) is 0 Å². The van der Waals surface area contributed by atoms with Crippen LogP contribution in [0.5, 0.6) is 0 Å². The normalized spacial score (nSPS) is 10.8. The molecule has 27 heavy (non-hydrogen) atoms. The minimum atomic E-state index is -0.565. The van der Waals surface area contributed by atoms with Gasteiger partial charge in [0.05, 0.1) is 11.5 Å². The van der Waals surface area contributed by atoms with Crippen molar-refractivity contribution in [3.8, 4) is 0 Å². The molecule has 0 saturated carbocycles. The van der Waals surface area contributed by atoms with E-state index in [0.717, 1.165) is 5.56 Å². The molecule has 0 fully saturated rings. The number of nitro groups is 1. The van der Waals surface area contributed by atoms with Gasteiger partial charge in [-0.15, -0.1) is 0 Å². The van der Waals surface area contributed by atoms with Crippen LogP contribution in [-0.4, -0.2) is 30.4 Å². The van der Waals surface area contributed by atoms with Crippen LogP contribution >= 0.6 is 11.6 Å². The number of carbonyl (C=O) groups excluding carboxylic acids is 1. The number of halogens is 2. The lowest BCUT2D eigenvalue weighted by atomic mass is 10.2. The number of nitrogens with zero attached hydrogens (tertiary/aromatic N) is 5. The maximum Gasteiger partial charge on any atom is 0.309 e. The Morgan fingerprint density at radius 1 is 1.26 bits per heavy atom. The van der Waals surface area contributed by atoms with Crippen LogP contribution in [-0.2, 0) is 17.9 Å². The van der Waals surface area contributed by atoms with Gasteiger partial charge in [-0.1, -0.05) is 23.7 Å². The van der Waals surface area contributed by atoms with E-state index in [-0.39, 0.29) is 34.6 Å². The van der Waals surface area contributed by atoms with E-state index in [9.17, 15) is 19.3 Å². The SMILES string of the molecule is Cc1nn(CC(=O)Nc2nn(Cc3ccc(F)cc3)cc2Cl)cc1[N+](=O)[O-]. The van der Waals surface area contributed by atoms with Gasteiger partial charge in [-0.3, -0.25) is 24.3 Å². The quantitative estimate of drug-likeness (QED) is 0.512. The molecule has 3 rings (SSSR count). The predicted octanol–water partition coefficient (Wildman–Crippen LogP) is 2.78. The maximum absolute atomic E-state index is 13.0. The smallest absolute Gasteiger partial charge is 0.306 e. The molecule has 0 unspecified atom stereocenters. The van der Waals surface area contributed by atoms with Crippen LogP contribution in [0.1, 0.15) is 11.3 Å². The third-order valence-corrected chi connectivity index (χ3v) is 3.93. The summed E-state index contributed by atoms with van der Waals surface area (Å²) in [6.45, 7) is 1.61. The summed E-state index contributed by atoms with van der Waals surface area (Å²) in [6.07, 6.45) is 2.72. The van der Waals surface area contributed by atoms with Crippen molar-refractivity contribution in [1.82, 2.24) is 19.6 Å². The first-order valence-electron chi connectivity index (χ1n) is 7.77. The second-order valence-electron chi connectivity index (χ2n) is 5.75. The molecular weight excluding hydrogens is 379 g/mol. The zero-order valence-electron chi connectivity index (χ0n) is 14.1. The number of hydrogen-bond donors (Lipinski definition) is 1. The van der Waals surface area contributed by atoms with E-state index < -0.39 is 10.8 Å². The van der Waals surface area contributed by atoms with Gasteiger partial charge in [0, 0.05) is 6.20 Å². The summed E-state index contributed by atoms with van der Waals surface area (Å²) >= 11 is 6.08. The molecule has 0 radical (unpaired) electrons. The molecule has 9 nitrogen and oxygen atoms in total. The van der Waals surface area contributed by atoms with Crippen LogP contribution in [0.15, 0.2) is 36.7 Å². The van der Waals surface area contributed by atoms with Crippen molar-refractivity contribution in [3.05, 3.63) is 68.9 Å². The molecule has 1 N–H and O–H groups in total. The molecule has 2 aromatic heterocycles. The standard InChI is InChI=1S/C16H14ClFN6O3/c1-10-14(24(26)27)8-23(20-10)9-15(25)19-16-13(17)7-22(21-16)6-11-2-4-12(18)5-3-11/h2-5,7-8H,6,9H2,1H3,(H,19,21,25). The Labute approximate surface area is 157 Å². The van der Waals surface area contributed by atoms with Crippen LogP contribution in [0.2, 0.25) is 5.02 Å². The predicted molar refractivity (Wildman–Crippen MR) is 95.0 cm³/mol. The van der Waals surface area contributed by atoms with Crippen LogP contribution in [0.3, 0.4) is 0 Å². The van der Waals surface area contributed by atoms with E-state index >= 15 is 0 Å². The zero-order chi connectivity index (χ0) is 19.6. The fourth-order valence-electron chi connectivity index (χ4n) is 2.43. The number of benzene rings is 1. The Morgan fingerprint density at radius 2 is 1.96 bits per heavy atom. The Hall–Kier alpha value is -3.27. The summed E-state index contributed by atoms with van der Waals surface area (Å²) in [6, 6.07) is 5.93. The number of rotatable bonds is 6. The van der Waals surface area contributed by atoms with Crippen molar-refractivity contribution in [1.29, 1.82) is 0 Å². The van der Waals surface area contributed by atoms with Gasteiger partial charge in [-0.25, -0.2) is 4.39 Å². The third-order valence-electron chi connectivity index (χ3n) is 3.66. The van der Waals surface area contributed by atoms with Gasteiger partial charge < -0.3 is 5.32 Å². The fourth-order valence-corrected chi connectivity index (χ4v) is 2.62. The number of aromatic nitrogens is 4. The minimum Gasteiger partial charge on any atom is -0.306 e. The van der Waals surface area contributed by atoms with Crippen molar-refractivity contribution in [2.75, 3.05) is 5.32 Å². The fraction of sp³-hybridized carbons (Fsp3) is 0.188. The number of carbonyl (C=O) groups is 1. The topological polar surface area (TPSA) is 108 Å². The monoisotopic (exact) mass is 392 g/mol. The van der Waals surface area contributed by atoms with Gasteiger partial charge in [-0.05, 0) is 24.6 Å². The Morgan fingerprint density at radius 3 is 2.59 bits per heavy atom. The summed E-state index contributed by atoms with van der Waals surface area (Å²) in [4.78, 5) is 22.4. The molecule has 11 heteroatoms. The number of hydrogen-bond acceptors (Lipinski definition) is 5. The Balaban J connectivity index is 1.66. The van der Waals surface area contributed by atoms with Gasteiger partial charge in [0.25, 0.3) is 0 Å². The molecule has 0 saturated heterocycles. The van der Waals surface area contributed by atoms with E-state index in [2.05, 4.69) is 15.5 Å². The first-order valence-corrected chi connectivity index (χ1v) is 8.15. The van der Waals surface area contributed by atoms with E-state index in [1.807, 2.05) is 0 Å². The average molecular weight is 393 g/mol. The molecule has 0 aliphatic rings. The lowest BCUT2D eigenvalue weighted by Crippen LogP contribution is -2.19. The van der Waals surface area contributed by atoms with Crippen molar-refractivity contribution >= 4 is 29.0 Å². The van der Waals surface area contributed by atoms with Gasteiger partial charge in [-0.2, -0.15) is 10.2 Å². The second-order valence-corrected chi connectivity index (χ2v) is 6.16. The average Bonchev–Trinajstić information content (AvgIpc) is 3.12. The highest BCUT2D eigenvalue weighted by Gasteiger charge is 2.17. The first-order chi connectivity index (χ1) is 12.8. The molecule has 3 aromatic rings. The molecule has 2 heterocycles. The van der Waals surface area contributed by atoms with E-state index in [4.69, 9.17) is 11.6 Å². The van der Waals surface area contributed by atoms with Crippen LogP contribution < -0.4 is 5.32 Å². The summed E-state index contributed by atoms with van der Waals surface area (Å²) in [7, 11) is 0. The molecule has 0 bridgehead atoms. The molecule has 140 valence electrons. The van der Waals surface area contributed by atoms with Crippen LogP contribution in [0, 0.1) is 22.9 Å². The molecular formula is C16H14ClFN6O3. The molecule has 0 aliphatic carbocycles. The lowest BCUT2D eigenvalue weighted by molar-refractivity contribution is -0.385. The van der Waals surface area contributed by atoms with E-state index in [1.54, 1.807) is 12.1 Å². The lowest BCUT2D eigenvalue weighted by Gasteiger charge is -2.03. The minimum absolute atomic E-state index is 0.155. The first kappa shape index (κ1) is 18.5. The summed E-state index contributed by atoms with van der Waals surface area (Å²) < 4.78 is 15.6. The number of amides is 1. The summed E-state index contributed by atoms with van der Waals surface area (Å²) in [5.41, 5.74) is 0.867. The highest BCUT2D eigenvalue weighted by atomic mass is 35.5. The van der Waals surface area contributed by atoms with E-state index in [1.165, 1.54) is 40.8 Å². The highest BCUT2D eigenvalue weighted by Crippen LogP contribution is 2.20. The molecule has 0 spiro atoms. The maximum atomic E-state index is 13.0. The van der Waals surface area contributed by atoms with Gasteiger partial charge in [0.2, 0.25) is 5.91 Å². The van der Waals surface area contributed by atoms with Crippen molar-refractivity contribution < 1.29 is 14.1 Å². The largest absolute Gasteiger partial charge is 0.309 e. The molecule has 0 atom stereocenters. The van der Waals surface area contributed by atoms with Gasteiger partial charge in [0.15, 0.2) is 5.82 Å². The van der Waals surface area contributed by atoms with Crippen molar-refractivity contribution in [3.63, 3.8) is 0 Å². The second kappa shape index (κ2) is 7.54. The molecule has 1 amide bonds. The van der Waals surface area contributed by atoms with Crippen molar-refractivity contribution in [2.45, 2.75) is 20.0 Å². The third kappa shape index (κ3) is 4.47. The van der Waals surface area contributed by atoms with Gasteiger partial charge >= 0.3 is 5.69 Å². The van der Waals surface area contributed by atoms with E-state index in [0.29, 0.717) is 6.54 Å². The summed E-state index contributed by atoms with van der Waals surface area (Å²) in [5.74, 6) is -0.664. The Kier molecular flexibility index (Phi) is 5.17. The number of nitrogens with one attached hydrogen (secondary N) is 1. The highest BCUT2D eigenvalue weighted by molar-refractivity contribution is 6.33. The molecule has 0 aliphatic heterocycles. The molecule has 1 aromatic carbocycles.